The molecule has 0 fully saturated rings. The maximum atomic E-state index is 5.00. The van der Waals surface area contributed by atoms with E-state index < -0.39 is 0 Å². The van der Waals surface area contributed by atoms with Gasteiger partial charge in [0.1, 0.15) is 5.82 Å². The summed E-state index contributed by atoms with van der Waals surface area (Å²) in [4.78, 5) is 12.4. The van der Waals surface area contributed by atoms with Crippen molar-refractivity contribution in [1.29, 1.82) is 0 Å². The van der Waals surface area contributed by atoms with Gasteiger partial charge in [-0.25, -0.2) is 4.98 Å². The van der Waals surface area contributed by atoms with E-state index in [0.717, 1.165) is 68.5 Å². The minimum absolute atomic E-state index is 0.0505. The van der Waals surface area contributed by atoms with E-state index in [-0.39, 0.29) is 5.54 Å². The second-order valence-electron chi connectivity index (χ2n) is 17.1. The van der Waals surface area contributed by atoms with E-state index in [1.165, 1.54) is 27.7 Å². The molecule has 2 aromatic heterocycles. The van der Waals surface area contributed by atoms with Crippen molar-refractivity contribution in [1.82, 2.24) is 9.55 Å². The van der Waals surface area contributed by atoms with Gasteiger partial charge in [0.15, 0.2) is 0 Å². The Morgan fingerprint density at radius 1 is 0.550 bits per heavy atom. The van der Waals surface area contributed by atoms with Gasteiger partial charge in [-0.05, 0) is 104 Å². The van der Waals surface area contributed by atoms with E-state index in [0.29, 0.717) is 5.92 Å². The van der Waals surface area contributed by atoms with Gasteiger partial charge in [-0.1, -0.05) is 135 Å². The quantitative estimate of drug-likeness (QED) is 0.154. The summed E-state index contributed by atoms with van der Waals surface area (Å²) in [5, 5.41) is 2.39. The molecule has 0 saturated carbocycles. The van der Waals surface area contributed by atoms with Crippen LogP contribution in [0.2, 0.25) is 0 Å². The summed E-state index contributed by atoms with van der Waals surface area (Å²) in [7, 11) is 0. The van der Waals surface area contributed by atoms with Crippen LogP contribution in [0.1, 0.15) is 46.1 Å². The molecule has 5 nitrogen and oxygen atoms in total. The van der Waals surface area contributed by atoms with Crippen LogP contribution in [-0.4, -0.2) is 21.8 Å². The number of hydrogen-bond donors (Lipinski definition) is 0. The standard InChI is InChI=1S/C55H49N5/c1-38(2)41-32-33-56-53(34-41)60-49-27-13-12-24-47(49)48-31-30-44(36-52(48)60)59(54-45(39-18-8-6-9-19-39)25-17-26-46(54)40-20-10-7-11-21-40)43-23-16-22-42(35-43)57-37-58(55(3,4)5)51-29-15-14-28-50(51)57/h6-36,38H,37H2,1-5H3. The Labute approximate surface area is 353 Å². The zero-order valence-corrected chi connectivity index (χ0v) is 34.9. The molecule has 7 aromatic carbocycles. The van der Waals surface area contributed by atoms with Crippen LogP contribution in [0.4, 0.5) is 34.1 Å². The molecule has 10 rings (SSSR count). The summed E-state index contributed by atoms with van der Waals surface area (Å²) in [5.74, 6) is 1.30. The largest absolute Gasteiger partial charge is 0.347 e. The number of aromatic nitrogens is 2. The van der Waals surface area contributed by atoms with Crippen molar-refractivity contribution in [2.75, 3.05) is 21.4 Å². The fraction of sp³-hybridized carbons (Fsp3) is 0.145. The fourth-order valence-electron chi connectivity index (χ4n) is 8.96. The van der Waals surface area contributed by atoms with Crippen LogP contribution in [0.25, 0.3) is 49.9 Å². The van der Waals surface area contributed by atoms with Gasteiger partial charge in [0.25, 0.3) is 0 Å². The van der Waals surface area contributed by atoms with Gasteiger partial charge in [0.05, 0.1) is 34.8 Å². The highest BCUT2D eigenvalue weighted by molar-refractivity contribution is 6.11. The Kier molecular flexibility index (Phi) is 9.25. The first-order chi connectivity index (χ1) is 29.2. The van der Waals surface area contributed by atoms with Crippen molar-refractivity contribution in [2.24, 2.45) is 0 Å². The smallest absolute Gasteiger partial charge is 0.137 e. The summed E-state index contributed by atoms with van der Waals surface area (Å²) in [6.07, 6.45) is 1.95. The van der Waals surface area contributed by atoms with Crippen LogP contribution in [0.5, 0.6) is 0 Å². The van der Waals surface area contributed by atoms with Crippen molar-refractivity contribution in [2.45, 2.75) is 46.1 Å². The van der Waals surface area contributed by atoms with Crippen molar-refractivity contribution >= 4 is 55.9 Å². The molecular weight excluding hydrogens is 731 g/mol. The van der Waals surface area contributed by atoms with E-state index in [1.807, 2.05) is 6.20 Å². The monoisotopic (exact) mass is 779 g/mol. The molecule has 1 aliphatic rings. The maximum Gasteiger partial charge on any atom is 0.137 e. The molecule has 0 atom stereocenters. The molecular formula is C55H49N5. The highest BCUT2D eigenvalue weighted by Crippen LogP contribution is 2.50. The van der Waals surface area contributed by atoms with Crippen molar-refractivity contribution < 1.29 is 0 Å². The number of anilines is 6. The summed E-state index contributed by atoms with van der Waals surface area (Å²) in [5.41, 5.74) is 14.9. The van der Waals surface area contributed by atoms with Gasteiger partial charge in [-0.3, -0.25) is 4.57 Å². The Morgan fingerprint density at radius 3 is 1.87 bits per heavy atom. The lowest BCUT2D eigenvalue weighted by Crippen LogP contribution is -2.42. The molecule has 0 amide bonds. The lowest BCUT2D eigenvalue weighted by molar-refractivity contribution is 0.518. The van der Waals surface area contributed by atoms with Crippen LogP contribution in [0.3, 0.4) is 0 Å². The summed E-state index contributed by atoms with van der Waals surface area (Å²) >= 11 is 0. The molecule has 0 N–H and O–H groups in total. The molecule has 1 aliphatic heterocycles. The van der Waals surface area contributed by atoms with Crippen LogP contribution < -0.4 is 14.7 Å². The zero-order chi connectivity index (χ0) is 41.0. The molecule has 5 heteroatoms. The molecule has 0 radical (unpaired) electrons. The van der Waals surface area contributed by atoms with Crippen LogP contribution in [0.15, 0.2) is 188 Å². The predicted octanol–water partition coefficient (Wildman–Crippen LogP) is 14.8. The normalized spacial score (nSPS) is 12.8. The number of hydrogen-bond acceptors (Lipinski definition) is 4. The van der Waals surface area contributed by atoms with Gasteiger partial charge >= 0.3 is 0 Å². The van der Waals surface area contributed by atoms with E-state index >= 15 is 0 Å². The van der Waals surface area contributed by atoms with Gasteiger partial charge in [-0.2, -0.15) is 0 Å². The highest BCUT2D eigenvalue weighted by atomic mass is 15.4. The minimum Gasteiger partial charge on any atom is -0.347 e. The van der Waals surface area contributed by atoms with Gasteiger partial charge in [0, 0.05) is 50.7 Å². The van der Waals surface area contributed by atoms with Crippen LogP contribution in [-0.2, 0) is 0 Å². The second-order valence-corrected chi connectivity index (χ2v) is 17.1. The summed E-state index contributed by atoms with van der Waals surface area (Å²) in [6.45, 7) is 12.1. The first-order valence-electron chi connectivity index (χ1n) is 21.0. The molecule has 294 valence electrons. The average molecular weight is 780 g/mol. The van der Waals surface area contributed by atoms with E-state index in [1.54, 1.807) is 0 Å². The first-order valence-corrected chi connectivity index (χ1v) is 21.0. The van der Waals surface area contributed by atoms with Crippen molar-refractivity contribution in [3.05, 3.63) is 194 Å². The number of nitrogens with zero attached hydrogens (tertiary/aromatic N) is 5. The molecule has 0 unspecified atom stereocenters. The molecule has 3 heterocycles. The predicted molar refractivity (Wildman–Crippen MR) is 254 cm³/mol. The second kappa shape index (κ2) is 14.9. The Morgan fingerprint density at radius 2 is 1.17 bits per heavy atom. The molecule has 0 bridgehead atoms. The SMILES string of the molecule is CC(C)c1ccnc(-n2c3ccccc3c3ccc(N(c4cccc(N5CN(C(C)(C)C)c6ccccc65)c4)c4c(-c5ccccc5)cccc4-c4ccccc4)cc32)c1. The van der Waals surface area contributed by atoms with Gasteiger partial charge in [-0.15, -0.1) is 0 Å². The number of rotatable bonds is 8. The van der Waals surface area contributed by atoms with Crippen LogP contribution >= 0.6 is 0 Å². The van der Waals surface area contributed by atoms with E-state index in [9.17, 15) is 0 Å². The minimum atomic E-state index is -0.0505. The van der Waals surface area contributed by atoms with Gasteiger partial charge < -0.3 is 14.7 Å². The molecule has 60 heavy (non-hydrogen) atoms. The van der Waals surface area contributed by atoms with Crippen molar-refractivity contribution in [3.63, 3.8) is 0 Å². The van der Waals surface area contributed by atoms with E-state index in [2.05, 4.69) is 236 Å². The summed E-state index contributed by atoms with van der Waals surface area (Å²) in [6, 6.07) is 66.3. The number of fused-ring (bicyclic) bond motifs is 4. The topological polar surface area (TPSA) is 27.5 Å². The number of benzene rings is 7. The Balaban J connectivity index is 1.26. The fourth-order valence-corrected chi connectivity index (χ4v) is 8.96. The van der Waals surface area contributed by atoms with Crippen LogP contribution in [0, 0.1) is 0 Å². The Bertz CT molecular complexity index is 2940. The highest BCUT2D eigenvalue weighted by Gasteiger charge is 2.34. The maximum absolute atomic E-state index is 5.00. The average Bonchev–Trinajstić information content (AvgIpc) is 3.84. The Hall–Kier alpha value is -7.11. The zero-order valence-electron chi connectivity index (χ0n) is 34.9. The summed E-state index contributed by atoms with van der Waals surface area (Å²) < 4.78 is 2.35. The third-order valence-corrected chi connectivity index (χ3v) is 12.0. The lowest BCUT2D eigenvalue weighted by atomic mass is 9.94. The third-order valence-electron chi connectivity index (χ3n) is 12.0. The third kappa shape index (κ3) is 6.47. The first kappa shape index (κ1) is 37.2. The van der Waals surface area contributed by atoms with Crippen molar-refractivity contribution in [3.8, 4) is 28.1 Å². The number of para-hydroxylation sites is 4. The molecule has 9 aromatic rings. The van der Waals surface area contributed by atoms with Gasteiger partial charge in [0.2, 0.25) is 0 Å². The van der Waals surface area contributed by atoms with E-state index in [4.69, 9.17) is 4.98 Å². The number of pyridine rings is 1. The molecule has 0 saturated heterocycles. The molecule has 0 aliphatic carbocycles. The molecule has 0 spiro atoms. The lowest BCUT2D eigenvalue weighted by Gasteiger charge is -2.34.